The first-order valence-electron chi connectivity index (χ1n) is 10.0. The van der Waals surface area contributed by atoms with Gasteiger partial charge >= 0.3 is 0 Å². The van der Waals surface area contributed by atoms with Crippen molar-refractivity contribution in [1.82, 2.24) is 10.2 Å². The summed E-state index contributed by atoms with van der Waals surface area (Å²) in [6.45, 7) is 4.79. The standard InChI is InChI=1S/C23H28Cl2N2O2S/c1-3-4-11-26-23(29)17(2)27(14-18-7-5-9-20(24)12-18)22(28)16-30-15-19-8-6-10-21(25)13-19/h5-10,12-13,17H,3-4,11,14-16H2,1-2H3,(H,26,29). The lowest BCUT2D eigenvalue weighted by Gasteiger charge is -2.29. The van der Waals surface area contributed by atoms with Gasteiger partial charge < -0.3 is 10.2 Å². The number of rotatable bonds is 11. The van der Waals surface area contributed by atoms with Crippen LogP contribution < -0.4 is 5.32 Å². The van der Waals surface area contributed by atoms with Gasteiger partial charge in [-0.25, -0.2) is 0 Å². The van der Waals surface area contributed by atoms with Crippen molar-refractivity contribution in [2.75, 3.05) is 12.3 Å². The lowest BCUT2D eigenvalue weighted by Crippen LogP contribution is -2.48. The molecule has 0 aliphatic carbocycles. The fraction of sp³-hybridized carbons (Fsp3) is 0.391. The maximum absolute atomic E-state index is 13.0. The van der Waals surface area contributed by atoms with Crippen molar-refractivity contribution in [2.45, 2.75) is 45.0 Å². The molecule has 0 aromatic heterocycles. The second-order valence-electron chi connectivity index (χ2n) is 7.09. The number of amides is 2. The third-order valence-electron chi connectivity index (χ3n) is 4.62. The molecule has 2 rings (SSSR count). The van der Waals surface area contributed by atoms with Gasteiger partial charge in [-0.2, -0.15) is 0 Å². The lowest BCUT2D eigenvalue weighted by molar-refractivity contribution is -0.138. The number of hydrogen-bond donors (Lipinski definition) is 1. The molecule has 0 fully saturated rings. The molecule has 1 unspecified atom stereocenters. The van der Waals surface area contributed by atoms with Crippen molar-refractivity contribution < 1.29 is 9.59 Å². The van der Waals surface area contributed by atoms with Gasteiger partial charge in [0, 0.05) is 28.9 Å². The highest BCUT2D eigenvalue weighted by Crippen LogP contribution is 2.19. The van der Waals surface area contributed by atoms with E-state index in [1.54, 1.807) is 17.9 Å². The van der Waals surface area contributed by atoms with E-state index < -0.39 is 6.04 Å². The molecule has 0 saturated heterocycles. The number of unbranched alkanes of at least 4 members (excludes halogenated alkanes) is 1. The summed E-state index contributed by atoms with van der Waals surface area (Å²) >= 11 is 13.6. The smallest absolute Gasteiger partial charge is 0.242 e. The van der Waals surface area contributed by atoms with Crippen molar-refractivity contribution in [2.24, 2.45) is 0 Å². The van der Waals surface area contributed by atoms with Crippen LogP contribution in [-0.4, -0.2) is 35.1 Å². The predicted molar refractivity (Wildman–Crippen MR) is 127 cm³/mol. The molecule has 1 N–H and O–H groups in total. The molecular formula is C23H28Cl2N2O2S. The molecule has 0 aliphatic heterocycles. The third kappa shape index (κ3) is 8.21. The Hall–Kier alpha value is -1.69. The highest BCUT2D eigenvalue weighted by atomic mass is 35.5. The van der Waals surface area contributed by atoms with Crippen LogP contribution in [0.15, 0.2) is 48.5 Å². The monoisotopic (exact) mass is 466 g/mol. The van der Waals surface area contributed by atoms with Crippen LogP contribution in [0, 0.1) is 0 Å². The van der Waals surface area contributed by atoms with Crippen LogP contribution in [0.3, 0.4) is 0 Å². The van der Waals surface area contributed by atoms with Gasteiger partial charge in [-0.15, -0.1) is 11.8 Å². The van der Waals surface area contributed by atoms with Crippen molar-refractivity contribution in [1.29, 1.82) is 0 Å². The van der Waals surface area contributed by atoms with Crippen LogP contribution in [0.5, 0.6) is 0 Å². The zero-order valence-electron chi connectivity index (χ0n) is 17.4. The number of carbonyl (C=O) groups excluding carboxylic acids is 2. The topological polar surface area (TPSA) is 49.4 Å². The van der Waals surface area contributed by atoms with E-state index in [0.29, 0.717) is 28.9 Å². The summed E-state index contributed by atoms with van der Waals surface area (Å²) in [6.07, 6.45) is 1.91. The first-order chi connectivity index (χ1) is 14.4. The van der Waals surface area contributed by atoms with Crippen LogP contribution in [0.1, 0.15) is 37.8 Å². The molecule has 0 spiro atoms. The quantitative estimate of drug-likeness (QED) is 0.440. The Morgan fingerprint density at radius 2 is 1.70 bits per heavy atom. The van der Waals surface area contributed by atoms with E-state index in [4.69, 9.17) is 23.2 Å². The van der Waals surface area contributed by atoms with Crippen LogP contribution in [0.2, 0.25) is 10.0 Å². The predicted octanol–water partition coefficient (Wildman–Crippen LogP) is 5.56. The Kier molecular flexibility index (Phi) is 10.6. The summed E-state index contributed by atoms with van der Waals surface area (Å²) in [5.74, 6) is 0.729. The first-order valence-corrected chi connectivity index (χ1v) is 12.0. The van der Waals surface area contributed by atoms with Crippen molar-refractivity contribution in [3.63, 3.8) is 0 Å². The molecule has 162 valence electrons. The van der Waals surface area contributed by atoms with E-state index in [0.717, 1.165) is 24.0 Å². The van der Waals surface area contributed by atoms with Gasteiger partial charge in [0.2, 0.25) is 11.8 Å². The SMILES string of the molecule is CCCCNC(=O)C(C)N(Cc1cccc(Cl)c1)C(=O)CSCc1cccc(Cl)c1. The third-order valence-corrected chi connectivity index (χ3v) is 6.08. The zero-order valence-corrected chi connectivity index (χ0v) is 19.7. The molecule has 0 radical (unpaired) electrons. The molecule has 2 aromatic carbocycles. The first kappa shape index (κ1) is 24.6. The number of benzene rings is 2. The minimum absolute atomic E-state index is 0.0832. The number of nitrogens with one attached hydrogen (secondary N) is 1. The van der Waals surface area contributed by atoms with Gasteiger partial charge in [-0.3, -0.25) is 9.59 Å². The number of hydrogen-bond acceptors (Lipinski definition) is 3. The summed E-state index contributed by atoms with van der Waals surface area (Å²) in [6, 6.07) is 14.4. The summed E-state index contributed by atoms with van der Waals surface area (Å²) in [7, 11) is 0. The van der Waals surface area contributed by atoms with Gasteiger partial charge in [-0.1, -0.05) is 60.8 Å². The van der Waals surface area contributed by atoms with Crippen molar-refractivity contribution >= 4 is 46.8 Å². The average molecular weight is 467 g/mol. The zero-order chi connectivity index (χ0) is 21.9. The molecule has 0 heterocycles. The molecular weight excluding hydrogens is 439 g/mol. The van der Waals surface area contributed by atoms with Gasteiger partial charge in [0.15, 0.2) is 0 Å². The van der Waals surface area contributed by atoms with Crippen LogP contribution in [-0.2, 0) is 21.9 Å². The minimum atomic E-state index is -0.569. The molecule has 4 nitrogen and oxygen atoms in total. The second kappa shape index (κ2) is 12.9. The largest absolute Gasteiger partial charge is 0.354 e. The number of halogens is 2. The van der Waals surface area contributed by atoms with E-state index >= 15 is 0 Å². The van der Waals surface area contributed by atoms with E-state index in [-0.39, 0.29) is 17.6 Å². The number of carbonyl (C=O) groups is 2. The molecule has 7 heteroatoms. The van der Waals surface area contributed by atoms with Crippen LogP contribution in [0.4, 0.5) is 0 Å². The fourth-order valence-electron chi connectivity index (χ4n) is 2.92. The Balaban J connectivity index is 2.04. The van der Waals surface area contributed by atoms with Crippen molar-refractivity contribution in [3.05, 3.63) is 69.7 Å². The molecule has 0 saturated carbocycles. The minimum Gasteiger partial charge on any atom is -0.354 e. The lowest BCUT2D eigenvalue weighted by atomic mass is 10.1. The van der Waals surface area contributed by atoms with Gasteiger partial charge in [0.05, 0.1) is 5.75 Å². The molecule has 2 aromatic rings. The van der Waals surface area contributed by atoms with E-state index in [9.17, 15) is 9.59 Å². The highest BCUT2D eigenvalue weighted by Gasteiger charge is 2.25. The second-order valence-corrected chi connectivity index (χ2v) is 8.95. The van der Waals surface area contributed by atoms with Gasteiger partial charge in [-0.05, 0) is 48.7 Å². The Bertz CT molecular complexity index is 847. The summed E-state index contributed by atoms with van der Waals surface area (Å²) in [4.78, 5) is 27.3. The average Bonchev–Trinajstić information content (AvgIpc) is 2.71. The maximum Gasteiger partial charge on any atom is 0.242 e. The summed E-state index contributed by atoms with van der Waals surface area (Å²) < 4.78 is 0. The fourth-order valence-corrected chi connectivity index (χ4v) is 4.20. The Labute approximate surface area is 193 Å². The number of thioether (sulfide) groups is 1. The Morgan fingerprint density at radius 1 is 1.07 bits per heavy atom. The van der Waals surface area contributed by atoms with E-state index in [2.05, 4.69) is 12.2 Å². The molecule has 30 heavy (non-hydrogen) atoms. The molecule has 2 amide bonds. The maximum atomic E-state index is 13.0. The highest BCUT2D eigenvalue weighted by molar-refractivity contribution is 7.99. The molecule has 0 aliphatic rings. The number of nitrogens with zero attached hydrogens (tertiary/aromatic N) is 1. The van der Waals surface area contributed by atoms with Gasteiger partial charge in [0.1, 0.15) is 6.04 Å². The van der Waals surface area contributed by atoms with Crippen LogP contribution in [0.25, 0.3) is 0 Å². The molecule has 1 atom stereocenters. The van der Waals surface area contributed by atoms with Crippen molar-refractivity contribution in [3.8, 4) is 0 Å². The molecule has 0 bridgehead atoms. The summed E-state index contributed by atoms with van der Waals surface area (Å²) in [5.41, 5.74) is 1.95. The normalized spacial score (nSPS) is 11.7. The Morgan fingerprint density at radius 3 is 2.33 bits per heavy atom. The van der Waals surface area contributed by atoms with E-state index in [1.807, 2.05) is 42.5 Å². The van der Waals surface area contributed by atoms with Crippen LogP contribution >= 0.6 is 35.0 Å². The summed E-state index contributed by atoms with van der Waals surface area (Å²) in [5, 5.41) is 4.21. The van der Waals surface area contributed by atoms with Gasteiger partial charge in [0.25, 0.3) is 0 Å². The van der Waals surface area contributed by atoms with E-state index in [1.165, 1.54) is 11.8 Å².